The van der Waals surface area contributed by atoms with Crippen LogP contribution in [0.1, 0.15) is 110 Å². The molecule has 0 rings (SSSR count). The number of carbonyl (C=O) groups is 2. The van der Waals surface area contributed by atoms with Crippen LogP contribution in [0.25, 0.3) is 0 Å². The van der Waals surface area contributed by atoms with E-state index in [1.807, 2.05) is 25.1 Å². The number of esters is 2. The molecule has 0 aromatic rings. The number of likely N-dealkylation sites (N-methyl/N-ethyl adjacent to an activating group) is 1. The fraction of sp³-hybridized carbons (Fsp3) is 0.852. The second-order valence-electron chi connectivity index (χ2n) is 9.23. The first-order valence-corrected chi connectivity index (χ1v) is 13.2. The number of hydrogen-bond acceptors (Lipinski definition) is 6. The quantitative estimate of drug-likeness (QED) is 0.122. The number of carbonyl (C=O) groups excluding carboxylic acids is 2. The van der Waals surface area contributed by atoms with Crippen molar-refractivity contribution < 1.29 is 24.2 Å². The Kier molecular flexibility index (Phi) is 21.4. The van der Waals surface area contributed by atoms with E-state index in [-0.39, 0.29) is 24.8 Å². The Hall–Kier alpha value is -1.40. The largest absolute Gasteiger partial charge is 0.464 e. The highest BCUT2D eigenvalue weighted by Crippen LogP contribution is 2.16. The average molecular weight is 470 g/mol. The predicted molar refractivity (Wildman–Crippen MR) is 135 cm³/mol. The lowest BCUT2D eigenvalue weighted by molar-refractivity contribution is -0.156. The van der Waals surface area contributed by atoms with Crippen molar-refractivity contribution in [2.24, 2.45) is 0 Å². The normalized spacial score (nSPS) is 13.4. The van der Waals surface area contributed by atoms with Crippen molar-refractivity contribution in [2.75, 3.05) is 27.2 Å². The van der Waals surface area contributed by atoms with Gasteiger partial charge in [0.1, 0.15) is 12.7 Å². The van der Waals surface area contributed by atoms with Crippen LogP contribution in [0.3, 0.4) is 0 Å². The SMILES string of the molecule is CCCCCCCCC=CCC(O)C(CCCCC)OC(=O)CCCC(=O)OCCN(C)C. The molecule has 6 nitrogen and oxygen atoms in total. The van der Waals surface area contributed by atoms with Crippen LogP contribution in [0.4, 0.5) is 0 Å². The molecule has 0 spiro atoms. The van der Waals surface area contributed by atoms with Crippen LogP contribution in [0, 0.1) is 0 Å². The van der Waals surface area contributed by atoms with Crippen molar-refractivity contribution in [1.82, 2.24) is 4.90 Å². The number of unbranched alkanes of at least 4 members (excludes halogenated alkanes) is 8. The van der Waals surface area contributed by atoms with Gasteiger partial charge in [-0.15, -0.1) is 0 Å². The number of hydrogen-bond donors (Lipinski definition) is 1. The Balaban J connectivity index is 4.26. The first kappa shape index (κ1) is 31.6. The number of nitrogens with zero attached hydrogens (tertiary/aromatic N) is 1. The molecule has 0 radical (unpaired) electrons. The number of aliphatic hydroxyl groups is 1. The van der Waals surface area contributed by atoms with Crippen molar-refractivity contribution >= 4 is 11.9 Å². The van der Waals surface area contributed by atoms with Crippen LogP contribution in [-0.2, 0) is 19.1 Å². The molecule has 0 saturated carbocycles. The summed E-state index contributed by atoms with van der Waals surface area (Å²) in [6.45, 7) is 5.39. The third kappa shape index (κ3) is 20.9. The van der Waals surface area contributed by atoms with Gasteiger partial charge in [-0.3, -0.25) is 9.59 Å². The number of rotatable bonds is 22. The molecule has 2 unspecified atom stereocenters. The van der Waals surface area contributed by atoms with E-state index in [0.29, 0.717) is 32.4 Å². The average Bonchev–Trinajstić information content (AvgIpc) is 2.77. The van der Waals surface area contributed by atoms with Gasteiger partial charge in [0.05, 0.1) is 6.10 Å². The summed E-state index contributed by atoms with van der Waals surface area (Å²) in [6.07, 6.45) is 16.6. The Labute approximate surface area is 203 Å². The predicted octanol–water partition coefficient (Wildman–Crippen LogP) is 5.81. The van der Waals surface area contributed by atoms with Gasteiger partial charge in [-0.2, -0.15) is 0 Å². The van der Waals surface area contributed by atoms with Crippen LogP contribution >= 0.6 is 0 Å². The maximum atomic E-state index is 12.3. The van der Waals surface area contributed by atoms with Crippen molar-refractivity contribution in [3.05, 3.63) is 12.2 Å². The van der Waals surface area contributed by atoms with Gasteiger partial charge in [-0.05, 0) is 52.6 Å². The second-order valence-corrected chi connectivity index (χ2v) is 9.23. The smallest absolute Gasteiger partial charge is 0.306 e. The Morgan fingerprint density at radius 3 is 2.18 bits per heavy atom. The molecule has 0 aromatic carbocycles. The van der Waals surface area contributed by atoms with Crippen LogP contribution in [0.15, 0.2) is 12.2 Å². The maximum absolute atomic E-state index is 12.3. The van der Waals surface area contributed by atoms with Crippen LogP contribution in [0.5, 0.6) is 0 Å². The monoisotopic (exact) mass is 469 g/mol. The zero-order chi connectivity index (χ0) is 24.7. The molecule has 0 fully saturated rings. The molecular weight excluding hydrogens is 418 g/mol. The molecular formula is C27H51NO5. The second kappa shape index (κ2) is 22.4. The van der Waals surface area contributed by atoms with Crippen LogP contribution < -0.4 is 0 Å². The highest BCUT2D eigenvalue weighted by atomic mass is 16.6. The van der Waals surface area contributed by atoms with E-state index < -0.39 is 12.2 Å². The molecule has 0 aromatic heterocycles. The zero-order valence-electron chi connectivity index (χ0n) is 21.9. The fourth-order valence-corrected chi connectivity index (χ4v) is 3.49. The lowest BCUT2D eigenvalue weighted by Crippen LogP contribution is -2.31. The highest BCUT2D eigenvalue weighted by molar-refractivity contribution is 5.72. The van der Waals surface area contributed by atoms with Gasteiger partial charge in [0.15, 0.2) is 0 Å². The minimum Gasteiger partial charge on any atom is -0.464 e. The van der Waals surface area contributed by atoms with Gasteiger partial charge in [0, 0.05) is 19.4 Å². The molecule has 1 N–H and O–H groups in total. The molecule has 6 heteroatoms. The summed E-state index contributed by atoms with van der Waals surface area (Å²) in [7, 11) is 3.83. The van der Waals surface area contributed by atoms with Crippen LogP contribution in [0.2, 0.25) is 0 Å². The van der Waals surface area contributed by atoms with Crippen molar-refractivity contribution in [3.63, 3.8) is 0 Å². The van der Waals surface area contributed by atoms with Gasteiger partial charge in [0.25, 0.3) is 0 Å². The van der Waals surface area contributed by atoms with E-state index >= 15 is 0 Å². The Bertz CT molecular complexity index is 507. The third-order valence-electron chi connectivity index (χ3n) is 5.64. The summed E-state index contributed by atoms with van der Waals surface area (Å²) in [4.78, 5) is 26.0. The van der Waals surface area contributed by atoms with Gasteiger partial charge in [-0.25, -0.2) is 0 Å². The summed E-state index contributed by atoms with van der Waals surface area (Å²) in [6, 6.07) is 0. The molecule has 0 amide bonds. The zero-order valence-corrected chi connectivity index (χ0v) is 21.9. The molecule has 0 bridgehead atoms. The van der Waals surface area contributed by atoms with E-state index in [4.69, 9.17) is 9.47 Å². The maximum Gasteiger partial charge on any atom is 0.306 e. The topological polar surface area (TPSA) is 76.1 Å². The molecule has 0 saturated heterocycles. The first-order valence-electron chi connectivity index (χ1n) is 13.2. The molecule has 194 valence electrons. The number of aliphatic hydroxyl groups excluding tert-OH is 1. The van der Waals surface area contributed by atoms with Crippen molar-refractivity contribution in [1.29, 1.82) is 0 Å². The summed E-state index contributed by atoms with van der Waals surface area (Å²) in [5.41, 5.74) is 0. The van der Waals surface area contributed by atoms with Crippen molar-refractivity contribution in [3.8, 4) is 0 Å². The lowest BCUT2D eigenvalue weighted by atomic mass is 10.0. The molecule has 33 heavy (non-hydrogen) atoms. The number of ether oxygens (including phenoxy) is 2. The van der Waals surface area contributed by atoms with E-state index in [0.717, 1.165) is 25.7 Å². The van der Waals surface area contributed by atoms with E-state index in [9.17, 15) is 14.7 Å². The Morgan fingerprint density at radius 2 is 1.48 bits per heavy atom. The van der Waals surface area contributed by atoms with E-state index in [1.165, 1.54) is 38.5 Å². The first-order chi connectivity index (χ1) is 15.9. The third-order valence-corrected chi connectivity index (χ3v) is 5.64. The van der Waals surface area contributed by atoms with Gasteiger partial charge in [0.2, 0.25) is 0 Å². The summed E-state index contributed by atoms with van der Waals surface area (Å²) >= 11 is 0. The highest BCUT2D eigenvalue weighted by Gasteiger charge is 2.22. The molecule has 0 aliphatic rings. The number of allylic oxidation sites excluding steroid dienone is 1. The summed E-state index contributed by atoms with van der Waals surface area (Å²) in [5.74, 6) is -0.646. The van der Waals surface area contributed by atoms with Gasteiger partial charge in [-0.1, -0.05) is 70.9 Å². The minimum absolute atomic E-state index is 0.160. The molecule has 0 aliphatic carbocycles. The molecule has 2 atom stereocenters. The van der Waals surface area contributed by atoms with E-state index in [1.54, 1.807) is 0 Å². The summed E-state index contributed by atoms with van der Waals surface area (Å²) in [5, 5.41) is 10.6. The fourth-order valence-electron chi connectivity index (χ4n) is 3.49. The van der Waals surface area contributed by atoms with Crippen LogP contribution in [-0.4, -0.2) is 61.4 Å². The molecule has 0 aliphatic heterocycles. The van der Waals surface area contributed by atoms with Crippen molar-refractivity contribution in [2.45, 2.75) is 122 Å². The standard InChI is InChI=1S/C27H51NO5/c1-5-7-9-10-11-12-13-14-16-18-24(29)25(19-15-8-6-2)33-27(31)21-17-20-26(30)32-23-22-28(3)4/h14,16,24-25,29H,5-13,15,17-23H2,1-4H3. The van der Waals surface area contributed by atoms with Gasteiger partial charge >= 0.3 is 11.9 Å². The molecule has 0 heterocycles. The lowest BCUT2D eigenvalue weighted by Gasteiger charge is -2.22. The minimum atomic E-state index is -0.692. The Morgan fingerprint density at radius 1 is 0.848 bits per heavy atom. The summed E-state index contributed by atoms with van der Waals surface area (Å²) < 4.78 is 10.7. The van der Waals surface area contributed by atoms with E-state index in [2.05, 4.69) is 19.9 Å². The van der Waals surface area contributed by atoms with Gasteiger partial charge < -0.3 is 19.5 Å².